The Kier molecular flexibility index (Phi) is 6.14. The first-order chi connectivity index (χ1) is 23.1. The number of hydrogen-bond acceptors (Lipinski definition) is 1. The maximum absolute atomic E-state index is 7.47. The summed E-state index contributed by atoms with van der Waals surface area (Å²) in [6, 6.07) is 56.6. The Morgan fingerprint density at radius 2 is 1.00 bits per heavy atom. The number of hydrogen-bond donors (Lipinski definition) is 0. The van der Waals surface area contributed by atoms with Crippen LogP contribution in [0, 0.1) is 0 Å². The van der Waals surface area contributed by atoms with Gasteiger partial charge in [0.25, 0.3) is 0 Å². The molecule has 0 amide bonds. The molecule has 1 aliphatic heterocycles. The molecule has 1 heteroatoms. The monoisotopic (exact) mass is 602 g/mol. The number of ether oxygens (including phenoxy) is 1. The summed E-state index contributed by atoms with van der Waals surface area (Å²) >= 11 is 0. The Labute approximate surface area is 276 Å². The van der Waals surface area contributed by atoms with Crippen LogP contribution < -0.4 is 4.74 Å². The second kappa shape index (κ2) is 10.4. The minimum atomic E-state index is -0.793. The quantitative estimate of drug-likeness (QED) is 0.195. The first-order valence-electron chi connectivity index (χ1n) is 16.4. The molecule has 7 aromatic carbocycles. The van der Waals surface area contributed by atoms with Gasteiger partial charge in [0.2, 0.25) is 0 Å². The average molecular weight is 603 g/mol. The molecule has 9 rings (SSSR count). The summed E-state index contributed by atoms with van der Waals surface area (Å²) in [5.41, 5.74) is 12.6. The van der Waals surface area contributed by atoms with Crippen molar-refractivity contribution in [3.63, 3.8) is 0 Å². The standard InChI is InChI=1S/C46H34O/c1-45(2)41-24-14-13-23-39(41)42-37-21-11-12-22-38(37)44-40(43(42)45)29-30-46(47-44,33-17-7-4-8-18-33)34-27-25-32(26-28-34)36-20-10-9-19-35(36)31-15-5-3-6-16-31/h3-30H,1-2H3. The lowest BCUT2D eigenvalue weighted by atomic mass is 9.76. The molecule has 1 unspecified atom stereocenters. The molecule has 2 aliphatic rings. The molecule has 0 fully saturated rings. The van der Waals surface area contributed by atoms with Crippen LogP contribution in [0.25, 0.3) is 50.2 Å². The van der Waals surface area contributed by atoms with Gasteiger partial charge in [0.05, 0.1) is 0 Å². The van der Waals surface area contributed by atoms with Crippen molar-refractivity contribution in [2.45, 2.75) is 24.9 Å². The predicted octanol–water partition coefficient (Wildman–Crippen LogP) is 11.8. The molecule has 1 aliphatic carbocycles. The van der Waals surface area contributed by atoms with Gasteiger partial charge in [-0.15, -0.1) is 0 Å². The summed E-state index contributed by atoms with van der Waals surface area (Å²) < 4.78 is 7.47. The molecule has 0 saturated heterocycles. The van der Waals surface area contributed by atoms with Crippen LogP contribution in [-0.4, -0.2) is 0 Å². The third-order valence-corrected chi connectivity index (χ3v) is 10.3. The van der Waals surface area contributed by atoms with Crippen LogP contribution in [0.1, 0.15) is 41.7 Å². The van der Waals surface area contributed by atoms with Gasteiger partial charge in [-0.3, -0.25) is 0 Å². The zero-order valence-electron chi connectivity index (χ0n) is 26.6. The highest BCUT2D eigenvalue weighted by atomic mass is 16.5. The Bertz CT molecular complexity index is 2330. The van der Waals surface area contributed by atoms with E-state index in [-0.39, 0.29) is 5.41 Å². The molecule has 1 heterocycles. The van der Waals surface area contributed by atoms with Gasteiger partial charge in [0.15, 0.2) is 5.60 Å². The van der Waals surface area contributed by atoms with Gasteiger partial charge < -0.3 is 4.74 Å². The van der Waals surface area contributed by atoms with Crippen molar-refractivity contribution in [2.24, 2.45) is 0 Å². The van der Waals surface area contributed by atoms with Crippen molar-refractivity contribution in [2.75, 3.05) is 0 Å². The van der Waals surface area contributed by atoms with E-state index in [4.69, 9.17) is 4.74 Å². The highest BCUT2D eigenvalue weighted by Gasteiger charge is 2.44. The molecule has 224 valence electrons. The fourth-order valence-electron chi connectivity index (χ4n) is 8.07. The lowest BCUT2D eigenvalue weighted by Gasteiger charge is -2.38. The van der Waals surface area contributed by atoms with E-state index in [0.717, 1.165) is 22.3 Å². The third kappa shape index (κ3) is 4.09. The molecule has 0 aromatic heterocycles. The minimum absolute atomic E-state index is 0.158. The fraction of sp³-hybridized carbons (Fsp3) is 0.0870. The van der Waals surface area contributed by atoms with Crippen LogP contribution in [0.5, 0.6) is 5.75 Å². The summed E-state index contributed by atoms with van der Waals surface area (Å²) in [7, 11) is 0. The van der Waals surface area contributed by atoms with E-state index in [9.17, 15) is 0 Å². The largest absolute Gasteiger partial charge is 0.472 e. The topological polar surface area (TPSA) is 9.23 Å². The smallest absolute Gasteiger partial charge is 0.178 e. The molecule has 1 atom stereocenters. The van der Waals surface area contributed by atoms with Crippen LogP contribution >= 0.6 is 0 Å². The Morgan fingerprint density at radius 1 is 0.468 bits per heavy atom. The maximum atomic E-state index is 7.47. The van der Waals surface area contributed by atoms with Crippen molar-refractivity contribution in [1.29, 1.82) is 0 Å². The number of benzene rings is 7. The van der Waals surface area contributed by atoms with E-state index in [2.05, 4.69) is 184 Å². The normalized spacial score (nSPS) is 17.1. The van der Waals surface area contributed by atoms with Crippen LogP contribution in [0.4, 0.5) is 0 Å². The summed E-state index contributed by atoms with van der Waals surface area (Å²) in [5.74, 6) is 0.949. The highest BCUT2D eigenvalue weighted by molar-refractivity contribution is 6.08. The van der Waals surface area contributed by atoms with Gasteiger partial charge in [-0.05, 0) is 56.0 Å². The van der Waals surface area contributed by atoms with Gasteiger partial charge in [-0.25, -0.2) is 0 Å². The Hall–Kier alpha value is -5.66. The molecule has 1 nitrogen and oxygen atoms in total. The van der Waals surface area contributed by atoms with Gasteiger partial charge in [-0.1, -0.05) is 178 Å². The molecule has 47 heavy (non-hydrogen) atoms. The van der Waals surface area contributed by atoms with Crippen molar-refractivity contribution in [1.82, 2.24) is 0 Å². The van der Waals surface area contributed by atoms with E-state index in [1.54, 1.807) is 0 Å². The highest BCUT2D eigenvalue weighted by Crippen LogP contribution is 2.58. The summed E-state index contributed by atoms with van der Waals surface area (Å²) in [6.45, 7) is 4.71. The second-order valence-corrected chi connectivity index (χ2v) is 13.2. The molecular formula is C46H34O. The Morgan fingerprint density at radius 3 is 1.70 bits per heavy atom. The van der Waals surface area contributed by atoms with Crippen molar-refractivity contribution in [3.8, 4) is 39.1 Å². The van der Waals surface area contributed by atoms with Crippen LogP contribution in [0.2, 0.25) is 0 Å². The molecule has 7 aromatic rings. The molecule has 0 N–H and O–H groups in total. The van der Waals surface area contributed by atoms with Gasteiger partial charge >= 0.3 is 0 Å². The van der Waals surface area contributed by atoms with E-state index in [1.165, 1.54) is 55.5 Å². The molecule has 0 radical (unpaired) electrons. The van der Waals surface area contributed by atoms with E-state index < -0.39 is 5.60 Å². The van der Waals surface area contributed by atoms with Gasteiger partial charge in [0.1, 0.15) is 5.75 Å². The number of rotatable bonds is 4. The zero-order chi connectivity index (χ0) is 31.6. The van der Waals surface area contributed by atoms with E-state index in [1.807, 2.05) is 0 Å². The maximum Gasteiger partial charge on any atom is 0.178 e. The van der Waals surface area contributed by atoms with Crippen LogP contribution in [0.3, 0.4) is 0 Å². The third-order valence-electron chi connectivity index (χ3n) is 10.3. The zero-order valence-corrected chi connectivity index (χ0v) is 26.6. The molecule has 0 saturated carbocycles. The summed E-state index contributed by atoms with van der Waals surface area (Å²) in [4.78, 5) is 0. The molecular weight excluding hydrogens is 569 g/mol. The lowest BCUT2D eigenvalue weighted by molar-refractivity contribution is 0.163. The van der Waals surface area contributed by atoms with Crippen molar-refractivity contribution >= 4 is 16.8 Å². The van der Waals surface area contributed by atoms with Crippen LogP contribution in [-0.2, 0) is 11.0 Å². The first-order valence-corrected chi connectivity index (χ1v) is 16.4. The fourth-order valence-corrected chi connectivity index (χ4v) is 8.07. The minimum Gasteiger partial charge on any atom is -0.472 e. The van der Waals surface area contributed by atoms with Gasteiger partial charge in [0, 0.05) is 27.5 Å². The number of fused-ring (bicyclic) bond motifs is 8. The van der Waals surface area contributed by atoms with Crippen molar-refractivity contribution in [3.05, 3.63) is 192 Å². The SMILES string of the molecule is CC1(C)c2ccccc2-c2c1c1c(c3ccccc23)OC(c2ccccc2)(c2ccc(-c3ccccc3-c3ccccc3)cc2)C=C1. The van der Waals surface area contributed by atoms with E-state index in [0.29, 0.717) is 0 Å². The van der Waals surface area contributed by atoms with E-state index >= 15 is 0 Å². The summed E-state index contributed by atoms with van der Waals surface area (Å²) in [6.07, 6.45) is 4.62. The lowest BCUT2D eigenvalue weighted by Crippen LogP contribution is -2.35. The van der Waals surface area contributed by atoms with Crippen molar-refractivity contribution < 1.29 is 4.74 Å². The first kappa shape index (κ1) is 27.6. The summed E-state index contributed by atoms with van der Waals surface area (Å²) in [5, 5.41) is 2.39. The molecule has 0 spiro atoms. The average Bonchev–Trinajstić information content (AvgIpc) is 3.39. The van der Waals surface area contributed by atoms with Gasteiger partial charge in [-0.2, -0.15) is 0 Å². The second-order valence-electron chi connectivity index (χ2n) is 13.2. The molecule has 0 bridgehead atoms. The Balaban J connectivity index is 1.23. The van der Waals surface area contributed by atoms with Crippen LogP contribution in [0.15, 0.2) is 164 Å². The predicted molar refractivity (Wildman–Crippen MR) is 196 cm³/mol.